The fraction of sp³-hybridized carbons (Fsp3) is 0.304. The first-order chi connectivity index (χ1) is 14.5. The molecule has 156 valence electrons. The number of benzene rings is 2. The summed E-state index contributed by atoms with van der Waals surface area (Å²) < 4.78 is 24.5. The molecule has 0 aliphatic carbocycles. The largest absolute Gasteiger partial charge is 0.507 e. The molecule has 2 aliphatic rings. The molecule has 30 heavy (non-hydrogen) atoms. The smallest absolute Gasteiger partial charge is 0.295 e. The highest BCUT2D eigenvalue weighted by atomic mass is 19.1. The number of carbonyl (C=O) groups excluding carboxylic acids is 2. The monoisotopic (exact) mass is 411 g/mol. The van der Waals surface area contributed by atoms with Gasteiger partial charge in [0.2, 0.25) is 0 Å². The Kier molecular flexibility index (Phi) is 5.44. The molecule has 1 atom stereocenters. The van der Waals surface area contributed by atoms with Gasteiger partial charge in [-0.3, -0.25) is 9.59 Å². The SMILES string of the molecule is CCCCN1C(=O)C(=O)/C(=C(\O)c2ccc(F)cc2)C1c1ccc2c(c1)OCCO2. The van der Waals surface area contributed by atoms with E-state index in [-0.39, 0.29) is 16.9 Å². The Morgan fingerprint density at radius 1 is 1.10 bits per heavy atom. The van der Waals surface area contributed by atoms with Crippen molar-refractivity contribution in [1.29, 1.82) is 0 Å². The summed E-state index contributed by atoms with van der Waals surface area (Å²) in [6, 6.07) is 9.63. The van der Waals surface area contributed by atoms with Gasteiger partial charge in [-0.05, 0) is 48.4 Å². The first-order valence-electron chi connectivity index (χ1n) is 9.95. The van der Waals surface area contributed by atoms with Crippen LogP contribution in [-0.4, -0.2) is 41.5 Å². The fourth-order valence-electron chi connectivity index (χ4n) is 3.78. The number of fused-ring (bicyclic) bond motifs is 1. The third-order valence-corrected chi connectivity index (χ3v) is 5.29. The van der Waals surface area contributed by atoms with Crippen LogP contribution in [0.4, 0.5) is 4.39 Å². The van der Waals surface area contributed by atoms with Gasteiger partial charge in [0.15, 0.2) is 11.5 Å². The number of hydrogen-bond donors (Lipinski definition) is 1. The standard InChI is InChI=1S/C23H22FNO5/c1-2-3-10-25-20(15-6-9-17-18(13-15)30-12-11-29-17)19(22(27)23(25)28)21(26)14-4-7-16(24)8-5-14/h4-9,13,20,26H,2-3,10-12H2,1H3/b21-19-. The maximum absolute atomic E-state index is 13.3. The van der Waals surface area contributed by atoms with Crippen LogP contribution in [0.15, 0.2) is 48.0 Å². The van der Waals surface area contributed by atoms with Gasteiger partial charge in [0, 0.05) is 12.1 Å². The second-order valence-corrected chi connectivity index (χ2v) is 7.26. The molecule has 0 bridgehead atoms. The Bertz CT molecular complexity index is 1010. The van der Waals surface area contributed by atoms with E-state index in [2.05, 4.69) is 0 Å². The van der Waals surface area contributed by atoms with Crippen LogP contribution in [-0.2, 0) is 9.59 Å². The van der Waals surface area contributed by atoms with Crippen LogP contribution in [0, 0.1) is 5.82 Å². The summed E-state index contributed by atoms with van der Waals surface area (Å²) in [4.78, 5) is 27.2. The van der Waals surface area contributed by atoms with E-state index in [9.17, 15) is 19.1 Å². The normalized spacial score (nSPS) is 19.9. The Labute approximate surface area is 173 Å². The molecule has 1 amide bonds. The van der Waals surface area contributed by atoms with Crippen LogP contribution < -0.4 is 9.47 Å². The summed E-state index contributed by atoms with van der Waals surface area (Å²) >= 11 is 0. The maximum atomic E-state index is 13.3. The summed E-state index contributed by atoms with van der Waals surface area (Å²) in [5.41, 5.74) is 0.894. The molecule has 1 fully saturated rings. The highest BCUT2D eigenvalue weighted by molar-refractivity contribution is 6.46. The molecule has 2 heterocycles. The minimum Gasteiger partial charge on any atom is -0.507 e. The highest BCUT2D eigenvalue weighted by Gasteiger charge is 2.46. The van der Waals surface area contributed by atoms with E-state index in [4.69, 9.17) is 9.47 Å². The van der Waals surface area contributed by atoms with E-state index in [1.807, 2.05) is 6.92 Å². The van der Waals surface area contributed by atoms with Gasteiger partial charge in [0.25, 0.3) is 11.7 Å². The number of halogens is 1. The molecule has 6 nitrogen and oxygen atoms in total. The molecule has 2 aliphatic heterocycles. The Morgan fingerprint density at radius 3 is 2.50 bits per heavy atom. The third kappa shape index (κ3) is 3.51. The van der Waals surface area contributed by atoms with Crippen molar-refractivity contribution in [2.45, 2.75) is 25.8 Å². The van der Waals surface area contributed by atoms with E-state index in [1.165, 1.54) is 29.2 Å². The van der Waals surface area contributed by atoms with Crippen LogP contribution in [0.5, 0.6) is 11.5 Å². The number of aliphatic hydroxyl groups is 1. The van der Waals surface area contributed by atoms with Gasteiger partial charge in [-0.2, -0.15) is 0 Å². The molecule has 2 aromatic carbocycles. The minimum absolute atomic E-state index is 0.0145. The van der Waals surface area contributed by atoms with Gasteiger partial charge in [0.05, 0.1) is 11.6 Å². The van der Waals surface area contributed by atoms with Crippen LogP contribution in [0.25, 0.3) is 5.76 Å². The van der Waals surface area contributed by atoms with Crippen molar-refractivity contribution in [2.75, 3.05) is 19.8 Å². The molecule has 1 saturated heterocycles. The Balaban J connectivity index is 1.84. The van der Waals surface area contributed by atoms with E-state index in [1.54, 1.807) is 18.2 Å². The molecular formula is C23H22FNO5. The lowest BCUT2D eigenvalue weighted by atomic mass is 9.95. The average molecular weight is 411 g/mol. The zero-order valence-electron chi connectivity index (χ0n) is 16.6. The molecule has 4 rings (SSSR count). The predicted molar refractivity (Wildman–Crippen MR) is 108 cm³/mol. The third-order valence-electron chi connectivity index (χ3n) is 5.29. The van der Waals surface area contributed by atoms with Crippen LogP contribution in [0.3, 0.4) is 0 Å². The van der Waals surface area contributed by atoms with Crippen LogP contribution >= 0.6 is 0 Å². The van der Waals surface area contributed by atoms with E-state index >= 15 is 0 Å². The molecule has 0 saturated carbocycles. The number of hydrogen-bond acceptors (Lipinski definition) is 5. The van der Waals surface area contributed by atoms with Crippen molar-refractivity contribution in [1.82, 2.24) is 4.90 Å². The average Bonchev–Trinajstić information content (AvgIpc) is 3.02. The summed E-state index contributed by atoms with van der Waals surface area (Å²) in [6.45, 7) is 3.22. The predicted octanol–water partition coefficient (Wildman–Crippen LogP) is 3.82. The van der Waals surface area contributed by atoms with Crippen LogP contribution in [0.1, 0.15) is 36.9 Å². The second-order valence-electron chi connectivity index (χ2n) is 7.26. The van der Waals surface area contributed by atoms with Gasteiger partial charge < -0.3 is 19.5 Å². The molecule has 2 aromatic rings. The van der Waals surface area contributed by atoms with Crippen molar-refractivity contribution >= 4 is 17.4 Å². The van der Waals surface area contributed by atoms with Gasteiger partial charge >= 0.3 is 0 Å². The lowest BCUT2D eigenvalue weighted by Gasteiger charge is -2.27. The van der Waals surface area contributed by atoms with Crippen molar-refractivity contribution in [2.24, 2.45) is 0 Å². The highest BCUT2D eigenvalue weighted by Crippen LogP contribution is 2.42. The molecule has 7 heteroatoms. The number of rotatable bonds is 5. The number of ketones is 1. The Morgan fingerprint density at radius 2 is 1.80 bits per heavy atom. The van der Waals surface area contributed by atoms with Crippen LogP contribution in [0.2, 0.25) is 0 Å². The van der Waals surface area contributed by atoms with Crippen molar-refractivity contribution in [3.8, 4) is 11.5 Å². The van der Waals surface area contributed by atoms with Gasteiger partial charge in [0.1, 0.15) is 24.8 Å². The first-order valence-corrected chi connectivity index (χ1v) is 9.95. The topological polar surface area (TPSA) is 76.1 Å². The fourth-order valence-corrected chi connectivity index (χ4v) is 3.78. The number of likely N-dealkylation sites (tertiary alicyclic amines) is 1. The van der Waals surface area contributed by atoms with Crippen molar-refractivity contribution < 1.29 is 28.6 Å². The summed E-state index contributed by atoms with van der Waals surface area (Å²) in [6.07, 6.45) is 1.56. The zero-order valence-corrected chi connectivity index (χ0v) is 16.6. The molecule has 0 radical (unpaired) electrons. The van der Waals surface area contributed by atoms with Crippen molar-refractivity contribution in [3.05, 3.63) is 65.0 Å². The molecule has 0 spiro atoms. The van der Waals surface area contributed by atoms with E-state index < -0.39 is 23.5 Å². The molecule has 1 N–H and O–H groups in total. The van der Waals surface area contributed by atoms with Gasteiger partial charge in [-0.1, -0.05) is 19.4 Å². The molecule has 1 unspecified atom stereocenters. The summed E-state index contributed by atoms with van der Waals surface area (Å²) in [5, 5.41) is 10.9. The first kappa shape index (κ1) is 19.9. The number of amides is 1. The Hall–Kier alpha value is -3.35. The summed E-state index contributed by atoms with van der Waals surface area (Å²) in [5.74, 6) is -1.08. The number of ether oxygens (including phenoxy) is 2. The molecule has 0 aromatic heterocycles. The van der Waals surface area contributed by atoms with E-state index in [0.717, 1.165) is 6.42 Å². The summed E-state index contributed by atoms with van der Waals surface area (Å²) in [7, 11) is 0. The number of nitrogens with zero attached hydrogens (tertiary/aromatic N) is 1. The van der Waals surface area contributed by atoms with Gasteiger partial charge in [-0.25, -0.2) is 4.39 Å². The number of unbranched alkanes of at least 4 members (excludes halogenated alkanes) is 1. The van der Waals surface area contributed by atoms with E-state index in [0.29, 0.717) is 43.2 Å². The zero-order chi connectivity index (χ0) is 21.3. The molecular weight excluding hydrogens is 389 g/mol. The lowest BCUT2D eigenvalue weighted by molar-refractivity contribution is -0.139. The lowest BCUT2D eigenvalue weighted by Crippen LogP contribution is -2.30. The minimum atomic E-state index is -0.766. The number of aliphatic hydroxyl groups excluding tert-OH is 1. The van der Waals surface area contributed by atoms with Crippen molar-refractivity contribution in [3.63, 3.8) is 0 Å². The second kappa shape index (κ2) is 8.18. The van der Waals surface area contributed by atoms with Gasteiger partial charge in [-0.15, -0.1) is 0 Å². The number of carbonyl (C=O) groups is 2. The number of Topliss-reactive ketones (excluding diaryl/α,β-unsaturated/α-hetero) is 1. The quantitative estimate of drug-likeness (QED) is 0.460. The maximum Gasteiger partial charge on any atom is 0.295 e.